The third kappa shape index (κ3) is 5.12. The van der Waals surface area contributed by atoms with Gasteiger partial charge in [-0.25, -0.2) is 0 Å². The van der Waals surface area contributed by atoms with Gasteiger partial charge in [0.2, 0.25) is 0 Å². The van der Waals surface area contributed by atoms with Gasteiger partial charge in [-0.05, 0) is 69.9 Å². The van der Waals surface area contributed by atoms with E-state index in [1.165, 1.54) is 11.0 Å². The molecule has 3 rings (SSSR count). The second-order valence-corrected chi connectivity index (χ2v) is 7.91. The van der Waals surface area contributed by atoms with E-state index in [1.54, 1.807) is 43.3 Å². The van der Waals surface area contributed by atoms with Crippen molar-refractivity contribution in [2.45, 2.75) is 19.9 Å². The molecule has 1 amide bonds. The van der Waals surface area contributed by atoms with Gasteiger partial charge in [0.1, 0.15) is 11.5 Å². The number of likely N-dealkylation sites (N-methyl/N-ethyl adjacent to an activating group) is 1. The highest BCUT2D eigenvalue weighted by Gasteiger charge is 2.46. The number of aromatic hydroxyl groups is 1. The monoisotopic (exact) mass is 454 g/mol. The lowest BCUT2D eigenvalue weighted by atomic mass is 9.95. The number of ether oxygens (including phenoxy) is 2. The van der Waals surface area contributed by atoms with Crippen LogP contribution >= 0.6 is 0 Å². The summed E-state index contributed by atoms with van der Waals surface area (Å²) >= 11 is 0. The Labute approximate surface area is 193 Å². The smallest absolute Gasteiger partial charge is 0.295 e. The lowest BCUT2D eigenvalue weighted by molar-refractivity contribution is -0.140. The fourth-order valence-electron chi connectivity index (χ4n) is 3.77. The number of likely N-dealkylation sites (tertiary alicyclic amines) is 1. The van der Waals surface area contributed by atoms with Crippen LogP contribution in [0.15, 0.2) is 48.0 Å². The Bertz CT molecular complexity index is 1050. The van der Waals surface area contributed by atoms with Crippen molar-refractivity contribution in [3.05, 3.63) is 59.2 Å². The number of phenols is 1. The van der Waals surface area contributed by atoms with Gasteiger partial charge in [-0.2, -0.15) is 0 Å². The molecular formula is C25H30N2O6. The molecule has 0 aromatic heterocycles. The van der Waals surface area contributed by atoms with Crippen molar-refractivity contribution in [1.82, 2.24) is 9.80 Å². The number of aliphatic hydroxyl groups is 1. The SMILES string of the molecule is CCOc1ccc(/C(O)=C2/C(=O)C(=O)N(CCN(C)C)C2c2ccc(O)c(OCC)c2)cc1. The minimum atomic E-state index is -0.823. The number of ketones is 1. The van der Waals surface area contributed by atoms with Crippen LogP contribution in [0.5, 0.6) is 17.2 Å². The van der Waals surface area contributed by atoms with Gasteiger partial charge >= 0.3 is 0 Å². The molecule has 2 aromatic rings. The van der Waals surface area contributed by atoms with Crippen molar-refractivity contribution in [3.8, 4) is 17.2 Å². The largest absolute Gasteiger partial charge is 0.507 e. The summed E-state index contributed by atoms with van der Waals surface area (Å²) in [6.07, 6.45) is 0. The Hall–Kier alpha value is -3.52. The standard InChI is InChI=1S/C25H30N2O6/c1-5-32-18-10-7-16(8-11-18)23(29)21-22(17-9-12-19(28)20(15-17)33-6-2)27(14-13-26(3)4)25(31)24(21)30/h7-12,15,22,28-29H,5-6,13-14H2,1-4H3/b23-21-. The average Bonchev–Trinajstić information content (AvgIpc) is 3.04. The van der Waals surface area contributed by atoms with E-state index in [0.29, 0.717) is 36.6 Å². The zero-order chi connectivity index (χ0) is 24.1. The van der Waals surface area contributed by atoms with Crippen molar-refractivity contribution in [1.29, 1.82) is 0 Å². The molecule has 8 heteroatoms. The number of benzene rings is 2. The number of carbonyl (C=O) groups is 2. The van der Waals surface area contributed by atoms with Crippen molar-refractivity contribution >= 4 is 17.4 Å². The molecule has 1 aliphatic heterocycles. The predicted molar refractivity (Wildman–Crippen MR) is 124 cm³/mol. The molecule has 1 atom stereocenters. The summed E-state index contributed by atoms with van der Waals surface area (Å²) < 4.78 is 10.9. The van der Waals surface area contributed by atoms with Crippen molar-refractivity contribution in [3.63, 3.8) is 0 Å². The Kier molecular flexibility index (Phi) is 7.60. The lowest BCUT2D eigenvalue weighted by Crippen LogP contribution is -2.35. The van der Waals surface area contributed by atoms with Gasteiger partial charge in [0, 0.05) is 18.7 Å². The molecule has 1 heterocycles. The molecule has 1 saturated heterocycles. The van der Waals surface area contributed by atoms with E-state index >= 15 is 0 Å². The van der Waals surface area contributed by atoms with Crippen LogP contribution in [0.25, 0.3) is 5.76 Å². The van der Waals surface area contributed by atoms with Crippen LogP contribution in [0.1, 0.15) is 31.0 Å². The summed E-state index contributed by atoms with van der Waals surface area (Å²) in [5.74, 6) is -0.861. The van der Waals surface area contributed by atoms with Gasteiger partial charge in [0.15, 0.2) is 11.5 Å². The van der Waals surface area contributed by atoms with E-state index in [4.69, 9.17) is 9.47 Å². The van der Waals surface area contributed by atoms with Crippen LogP contribution in [0, 0.1) is 0 Å². The summed E-state index contributed by atoms with van der Waals surface area (Å²) in [5.41, 5.74) is 0.954. The van der Waals surface area contributed by atoms with Crippen LogP contribution in [0.3, 0.4) is 0 Å². The fourth-order valence-corrected chi connectivity index (χ4v) is 3.77. The molecule has 33 heavy (non-hydrogen) atoms. The highest BCUT2D eigenvalue weighted by atomic mass is 16.5. The first-order valence-corrected chi connectivity index (χ1v) is 10.9. The predicted octanol–water partition coefficient (Wildman–Crippen LogP) is 3.17. The quantitative estimate of drug-likeness (QED) is 0.341. The van der Waals surface area contributed by atoms with E-state index in [2.05, 4.69) is 0 Å². The fraction of sp³-hybridized carbons (Fsp3) is 0.360. The number of Topliss-reactive ketones (excluding diaryl/α,β-unsaturated/α-hetero) is 1. The Balaban J connectivity index is 2.13. The van der Waals surface area contributed by atoms with E-state index in [1.807, 2.05) is 25.9 Å². The second-order valence-electron chi connectivity index (χ2n) is 7.91. The molecule has 0 bridgehead atoms. The van der Waals surface area contributed by atoms with E-state index in [-0.39, 0.29) is 29.4 Å². The Morgan fingerprint density at radius 1 is 1.03 bits per heavy atom. The number of hydrogen-bond donors (Lipinski definition) is 2. The molecule has 0 saturated carbocycles. The van der Waals surface area contributed by atoms with Crippen molar-refractivity contribution < 1.29 is 29.3 Å². The number of hydrogen-bond acceptors (Lipinski definition) is 7. The summed E-state index contributed by atoms with van der Waals surface area (Å²) in [7, 11) is 3.75. The number of carbonyl (C=O) groups excluding carboxylic acids is 2. The van der Waals surface area contributed by atoms with Crippen LogP contribution < -0.4 is 9.47 Å². The van der Waals surface area contributed by atoms with E-state index in [0.717, 1.165) is 0 Å². The maximum Gasteiger partial charge on any atom is 0.295 e. The average molecular weight is 455 g/mol. The molecule has 0 spiro atoms. The Morgan fingerprint density at radius 2 is 1.70 bits per heavy atom. The van der Waals surface area contributed by atoms with Crippen molar-refractivity contribution in [2.75, 3.05) is 40.4 Å². The molecule has 176 valence electrons. The normalized spacial score (nSPS) is 17.6. The molecule has 1 fully saturated rings. The number of aliphatic hydroxyl groups excluding tert-OH is 1. The van der Waals surface area contributed by atoms with Crippen LogP contribution in [0.2, 0.25) is 0 Å². The summed E-state index contributed by atoms with van der Waals surface area (Å²) in [4.78, 5) is 29.4. The van der Waals surface area contributed by atoms with Crippen LogP contribution in [-0.2, 0) is 9.59 Å². The summed E-state index contributed by atoms with van der Waals surface area (Å²) in [6, 6.07) is 10.6. The van der Waals surface area contributed by atoms with Gasteiger partial charge in [0.25, 0.3) is 11.7 Å². The molecule has 1 unspecified atom stereocenters. The molecule has 1 aliphatic rings. The van der Waals surface area contributed by atoms with Gasteiger partial charge in [0.05, 0.1) is 24.8 Å². The van der Waals surface area contributed by atoms with Crippen molar-refractivity contribution in [2.24, 2.45) is 0 Å². The van der Waals surface area contributed by atoms with Gasteiger partial charge < -0.3 is 29.5 Å². The van der Waals surface area contributed by atoms with E-state index < -0.39 is 17.7 Å². The summed E-state index contributed by atoms with van der Waals surface area (Å²) in [5, 5.41) is 21.3. The first kappa shape index (κ1) is 24.1. The minimum absolute atomic E-state index is 0.00365. The topological polar surface area (TPSA) is 99.5 Å². The van der Waals surface area contributed by atoms with Gasteiger partial charge in [-0.15, -0.1) is 0 Å². The Morgan fingerprint density at radius 3 is 2.30 bits per heavy atom. The third-order valence-electron chi connectivity index (χ3n) is 5.37. The van der Waals surface area contributed by atoms with Crippen LogP contribution in [-0.4, -0.2) is 72.1 Å². The second kappa shape index (κ2) is 10.4. The number of nitrogens with zero attached hydrogens (tertiary/aromatic N) is 2. The molecular weight excluding hydrogens is 424 g/mol. The first-order chi connectivity index (χ1) is 15.8. The minimum Gasteiger partial charge on any atom is -0.507 e. The highest BCUT2D eigenvalue weighted by Crippen LogP contribution is 2.41. The van der Waals surface area contributed by atoms with Crippen LogP contribution in [0.4, 0.5) is 0 Å². The molecule has 2 N–H and O–H groups in total. The zero-order valence-corrected chi connectivity index (χ0v) is 19.4. The summed E-state index contributed by atoms with van der Waals surface area (Å²) in [6.45, 7) is 5.32. The highest BCUT2D eigenvalue weighted by molar-refractivity contribution is 6.46. The van der Waals surface area contributed by atoms with Gasteiger partial charge in [-0.1, -0.05) is 6.07 Å². The third-order valence-corrected chi connectivity index (χ3v) is 5.37. The molecule has 2 aromatic carbocycles. The molecule has 8 nitrogen and oxygen atoms in total. The maximum atomic E-state index is 13.1. The van der Waals surface area contributed by atoms with Gasteiger partial charge in [-0.3, -0.25) is 9.59 Å². The molecule has 0 radical (unpaired) electrons. The lowest BCUT2D eigenvalue weighted by Gasteiger charge is -2.27. The zero-order valence-electron chi connectivity index (χ0n) is 19.4. The number of phenolic OH excluding ortho intramolecular Hbond substituents is 1. The number of amides is 1. The first-order valence-electron chi connectivity index (χ1n) is 10.9. The number of rotatable bonds is 9. The van der Waals surface area contributed by atoms with E-state index in [9.17, 15) is 19.8 Å². The molecule has 0 aliphatic carbocycles. The maximum absolute atomic E-state index is 13.1.